The Kier molecular flexibility index (Phi) is 12.8. The molecule has 268 valence electrons. The zero-order valence-electron chi connectivity index (χ0n) is 28.8. The predicted octanol–water partition coefficient (Wildman–Crippen LogP) is 4.79. The van der Waals surface area contributed by atoms with E-state index in [-0.39, 0.29) is 54.1 Å². The number of benzene rings is 3. The third-order valence-corrected chi connectivity index (χ3v) is 10.7. The molecule has 4 amide bonds. The average Bonchev–Trinajstić information content (AvgIpc) is 3.33. The van der Waals surface area contributed by atoms with Gasteiger partial charge < -0.3 is 21.1 Å². The fraction of sp³-hybridized carbons (Fsp3) is 0.378. The molecular formula is C37H46ClN5O6S. The van der Waals surface area contributed by atoms with Crippen LogP contribution in [0.5, 0.6) is 0 Å². The molecule has 3 aromatic rings. The summed E-state index contributed by atoms with van der Waals surface area (Å²) in [5.41, 5.74) is 8.47. The van der Waals surface area contributed by atoms with Crippen molar-refractivity contribution in [3.63, 3.8) is 0 Å². The summed E-state index contributed by atoms with van der Waals surface area (Å²) >= 11 is 6.05. The molecular weight excluding hydrogens is 678 g/mol. The Morgan fingerprint density at radius 3 is 2.26 bits per heavy atom. The van der Waals surface area contributed by atoms with Crippen LogP contribution in [0.2, 0.25) is 5.02 Å². The molecule has 1 fully saturated rings. The number of anilines is 1. The van der Waals surface area contributed by atoms with E-state index in [1.807, 2.05) is 68.4 Å². The average molecular weight is 724 g/mol. The van der Waals surface area contributed by atoms with Gasteiger partial charge in [0.1, 0.15) is 12.6 Å². The van der Waals surface area contributed by atoms with Crippen molar-refractivity contribution < 1.29 is 27.9 Å². The normalized spacial score (nSPS) is 15.5. The lowest BCUT2D eigenvalue weighted by atomic mass is 9.97. The highest BCUT2D eigenvalue weighted by atomic mass is 35.5. The van der Waals surface area contributed by atoms with Gasteiger partial charge in [0.05, 0.1) is 34.3 Å². The molecule has 1 unspecified atom stereocenters. The molecule has 13 heteroatoms. The molecule has 0 saturated carbocycles. The smallest absolute Gasteiger partial charge is 0.328 e. The summed E-state index contributed by atoms with van der Waals surface area (Å²) in [4.78, 5) is 43.1. The minimum Gasteiger partial charge on any atom is -0.397 e. The molecule has 11 nitrogen and oxygen atoms in total. The van der Waals surface area contributed by atoms with Gasteiger partial charge in [-0.3, -0.25) is 14.5 Å². The molecule has 1 heterocycles. The van der Waals surface area contributed by atoms with Crippen LogP contribution < -0.4 is 11.1 Å². The number of imide groups is 1. The van der Waals surface area contributed by atoms with Crippen LogP contribution in [0.1, 0.15) is 44.4 Å². The van der Waals surface area contributed by atoms with Gasteiger partial charge in [-0.1, -0.05) is 107 Å². The molecule has 0 aromatic heterocycles. The number of carbonyl (C=O) groups is 3. The number of aliphatic hydroxyl groups excluding tert-OH is 1. The molecule has 1 aliphatic heterocycles. The van der Waals surface area contributed by atoms with Crippen molar-refractivity contribution in [3.8, 4) is 0 Å². The number of nitrogen functional groups attached to an aromatic ring is 1. The van der Waals surface area contributed by atoms with E-state index in [1.54, 1.807) is 19.9 Å². The number of amides is 4. The molecule has 4 rings (SSSR count). The summed E-state index contributed by atoms with van der Waals surface area (Å²) in [7, 11) is -4.14. The van der Waals surface area contributed by atoms with Gasteiger partial charge in [0.15, 0.2) is 0 Å². The van der Waals surface area contributed by atoms with E-state index < -0.39 is 52.0 Å². The maximum Gasteiger partial charge on any atom is 0.328 e. The van der Waals surface area contributed by atoms with Crippen LogP contribution in [-0.2, 0) is 32.6 Å². The largest absolute Gasteiger partial charge is 0.397 e. The van der Waals surface area contributed by atoms with Crippen LogP contribution in [0.25, 0.3) is 6.08 Å². The fourth-order valence-corrected chi connectivity index (χ4v) is 7.72. The number of rotatable bonds is 16. The summed E-state index contributed by atoms with van der Waals surface area (Å²) in [5, 5.41) is 14.9. The lowest BCUT2D eigenvalue weighted by Crippen LogP contribution is -2.57. The number of aliphatic hydroxyl groups is 1. The molecule has 1 aliphatic rings. The van der Waals surface area contributed by atoms with E-state index in [0.29, 0.717) is 0 Å². The van der Waals surface area contributed by atoms with Crippen LogP contribution >= 0.6 is 11.6 Å². The van der Waals surface area contributed by atoms with E-state index in [2.05, 4.69) is 11.9 Å². The van der Waals surface area contributed by atoms with Gasteiger partial charge in [0.25, 0.3) is 5.91 Å². The van der Waals surface area contributed by atoms with E-state index >= 15 is 0 Å². The first-order valence-electron chi connectivity index (χ1n) is 16.5. The Balaban J connectivity index is 1.59. The SMILES string of the molecule is C=Cc1ccc(CN2C(=O)CN(C(C(=O)N[C@@H](Cc3ccccc3)[C@H](O)CN(CC(C)C)S(=O)(=O)c3ccc(Cl)c(N)c3)C(C)C)C2=O)cc1. The second-order valence-corrected chi connectivity index (χ2v) is 15.6. The molecule has 0 spiro atoms. The van der Waals surface area contributed by atoms with E-state index in [0.717, 1.165) is 21.6 Å². The second-order valence-electron chi connectivity index (χ2n) is 13.3. The number of hydrogen-bond acceptors (Lipinski definition) is 7. The molecule has 0 aliphatic carbocycles. The number of nitrogens with zero attached hydrogens (tertiary/aromatic N) is 3. The van der Waals surface area contributed by atoms with Crippen molar-refractivity contribution in [2.75, 3.05) is 25.4 Å². The van der Waals surface area contributed by atoms with Crippen molar-refractivity contribution in [2.24, 2.45) is 11.8 Å². The van der Waals surface area contributed by atoms with Gasteiger partial charge in [-0.15, -0.1) is 0 Å². The Labute approximate surface area is 299 Å². The summed E-state index contributed by atoms with van der Waals surface area (Å²) in [6, 6.07) is 17.9. The number of nitrogens with two attached hydrogens (primary N) is 1. The van der Waals surface area contributed by atoms with Crippen molar-refractivity contribution >= 4 is 51.2 Å². The highest BCUT2D eigenvalue weighted by Crippen LogP contribution is 2.26. The van der Waals surface area contributed by atoms with Crippen LogP contribution in [0.4, 0.5) is 10.5 Å². The van der Waals surface area contributed by atoms with Crippen LogP contribution in [0.3, 0.4) is 0 Å². The van der Waals surface area contributed by atoms with Gasteiger partial charge in [-0.2, -0.15) is 4.31 Å². The summed E-state index contributed by atoms with van der Waals surface area (Å²) < 4.78 is 28.9. The highest BCUT2D eigenvalue weighted by molar-refractivity contribution is 7.89. The molecule has 4 N–H and O–H groups in total. The van der Waals surface area contributed by atoms with E-state index in [9.17, 15) is 27.9 Å². The van der Waals surface area contributed by atoms with E-state index in [1.165, 1.54) is 27.4 Å². The van der Waals surface area contributed by atoms with Crippen LogP contribution in [0, 0.1) is 11.8 Å². The Hall–Kier alpha value is -4.23. The fourth-order valence-electron chi connectivity index (χ4n) is 5.94. The van der Waals surface area contributed by atoms with Crippen molar-refractivity contribution in [1.82, 2.24) is 19.4 Å². The third kappa shape index (κ3) is 9.30. The first kappa shape index (κ1) is 38.6. The van der Waals surface area contributed by atoms with Crippen molar-refractivity contribution in [2.45, 2.75) is 63.7 Å². The number of nitrogens with one attached hydrogen (secondary N) is 1. The number of sulfonamides is 1. The van der Waals surface area contributed by atoms with Crippen molar-refractivity contribution in [3.05, 3.63) is 101 Å². The Bertz CT molecular complexity index is 1790. The summed E-state index contributed by atoms with van der Waals surface area (Å²) in [6.07, 6.45) is 0.500. The number of hydrogen-bond donors (Lipinski definition) is 3. The van der Waals surface area contributed by atoms with Crippen molar-refractivity contribution in [1.29, 1.82) is 0 Å². The zero-order valence-corrected chi connectivity index (χ0v) is 30.4. The standard InChI is InChI=1S/C37H46ClN5O6S/c1-6-26-12-14-28(15-13-26)21-42-34(45)23-43(37(42)47)35(25(4)5)36(46)40-32(18-27-10-8-7-9-11-27)33(44)22-41(20-24(2)3)50(48,49)29-16-17-30(38)31(39)19-29/h6-17,19,24-25,32-33,35,44H,1,18,20-23,39H2,2-5H3,(H,40,46)/t32-,33+,35?/m0/s1. The number of urea groups is 1. The van der Waals surface area contributed by atoms with Gasteiger partial charge >= 0.3 is 6.03 Å². The van der Waals surface area contributed by atoms with Crippen LogP contribution in [0.15, 0.2) is 84.3 Å². The predicted molar refractivity (Wildman–Crippen MR) is 195 cm³/mol. The quantitative estimate of drug-likeness (QED) is 0.142. The first-order chi connectivity index (χ1) is 23.6. The molecule has 50 heavy (non-hydrogen) atoms. The zero-order chi connectivity index (χ0) is 36.7. The summed E-state index contributed by atoms with van der Waals surface area (Å²) in [5.74, 6) is -1.50. The highest BCUT2D eigenvalue weighted by Gasteiger charge is 2.44. The Morgan fingerprint density at radius 1 is 1.02 bits per heavy atom. The topological polar surface area (TPSA) is 153 Å². The van der Waals surface area contributed by atoms with Gasteiger partial charge in [0, 0.05) is 13.1 Å². The molecule has 1 saturated heterocycles. The minimum atomic E-state index is -4.14. The molecule has 3 aromatic carbocycles. The molecule has 0 radical (unpaired) electrons. The Morgan fingerprint density at radius 2 is 1.68 bits per heavy atom. The molecule has 0 bridgehead atoms. The van der Waals surface area contributed by atoms with E-state index in [4.69, 9.17) is 17.3 Å². The third-order valence-electron chi connectivity index (χ3n) is 8.53. The first-order valence-corrected chi connectivity index (χ1v) is 18.3. The second kappa shape index (κ2) is 16.7. The monoisotopic (exact) mass is 723 g/mol. The number of carbonyl (C=O) groups excluding carboxylic acids is 3. The van der Waals surface area contributed by atoms with Gasteiger partial charge in [0.2, 0.25) is 15.9 Å². The lowest BCUT2D eigenvalue weighted by molar-refractivity contribution is -0.129. The van der Waals surface area contributed by atoms with Gasteiger partial charge in [-0.05, 0) is 53.1 Å². The van der Waals surface area contributed by atoms with Crippen LogP contribution in [-0.4, -0.2) is 83.3 Å². The number of halogens is 1. The molecule has 3 atom stereocenters. The maximum absolute atomic E-state index is 14.1. The maximum atomic E-state index is 14.1. The van der Waals surface area contributed by atoms with Gasteiger partial charge in [-0.25, -0.2) is 13.2 Å². The summed E-state index contributed by atoms with van der Waals surface area (Å²) in [6.45, 7) is 10.5. The lowest BCUT2D eigenvalue weighted by Gasteiger charge is -2.34. The minimum absolute atomic E-state index is 0.0484.